The Morgan fingerprint density at radius 2 is 2.30 bits per heavy atom. The third-order valence-electron chi connectivity index (χ3n) is 3.91. The predicted molar refractivity (Wildman–Crippen MR) is 82.1 cm³/mol. The maximum atomic E-state index is 12.2. The first-order valence-electron chi connectivity index (χ1n) is 6.96. The van der Waals surface area contributed by atoms with E-state index < -0.39 is 0 Å². The lowest BCUT2D eigenvalue weighted by atomic mass is 10.3. The van der Waals surface area contributed by atoms with Crippen molar-refractivity contribution in [2.45, 2.75) is 38.5 Å². The zero-order chi connectivity index (χ0) is 13.5. The molecule has 0 aromatic carbocycles. The SMILES string of the molecule is O=C(NCc1cccs1)c1cc2c(s1)CN(C1CC1)C2. The van der Waals surface area contributed by atoms with Gasteiger partial charge in [0.1, 0.15) is 0 Å². The highest BCUT2D eigenvalue weighted by Crippen LogP contribution is 2.38. The Bertz CT molecular complexity index is 605. The molecule has 1 amide bonds. The summed E-state index contributed by atoms with van der Waals surface area (Å²) >= 11 is 3.34. The number of rotatable bonds is 4. The number of nitrogens with zero attached hydrogens (tertiary/aromatic N) is 1. The van der Waals surface area contributed by atoms with Crippen LogP contribution in [0.15, 0.2) is 23.6 Å². The maximum Gasteiger partial charge on any atom is 0.261 e. The highest BCUT2D eigenvalue weighted by Gasteiger charge is 2.34. The fourth-order valence-corrected chi connectivity index (χ4v) is 4.43. The second-order valence-electron chi connectivity index (χ2n) is 5.46. The molecule has 0 spiro atoms. The molecule has 4 rings (SSSR count). The zero-order valence-corrected chi connectivity index (χ0v) is 12.7. The number of amides is 1. The van der Waals surface area contributed by atoms with Crippen LogP contribution in [0.1, 0.15) is 37.8 Å². The number of fused-ring (bicyclic) bond motifs is 1. The van der Waals surface area contributed by atoms with Crippen LogP contribution in [0.4, 0.5) is 0 Å². The van der Waals surface area contributed by atoms with E-state index in [0.29, 0.717) is 6.54 Å². The van der Waals surface area contributed by atoms with Crippen molar-refractivity contribution in [3.8, 4) is 0 Å². The third-order valence-corrected chi connectivity index (χ3v) is 5.94. The van der Waals surface area contributed by atoms with Crippen LogP contribution in [0.2, 0.25) is 0 Å². The van der Waals surface area contributed by atoms with E-state index in [2.05, 4.69) is 16.3 Å². The summed E-state index contributed by atoms with van der Waals surface area (Å²) in [5, 5.41) is 5.04. The van der Waals surface area contributed by atoms with Gasteiger partial charge in [0.15, 0.2) is 0 Å². The van der Waals surface area contributed by atoms with E-state index in [1.807, 2.05) is 17.5 Å². The van der Waals surface area contributed by atoms with E-state index >= 15 is 0 Å². The van der Waals surface area contributed by atoms with Crippen LogP contribution >= 0.6 is 22.7 Å². The van der Waals surface area contributed by atoms with Gasteiger partial charge in [-0.25, -0.2) is 0 Å². The molecule has 2 aliphatic rings. The fourth-order valence-electron chi connectivity index (χ4n) is 2.67. The Morgan fingerprint density at radius 3 is 3.00 bits per heavy atom. The Hall–Kier alpha value is -1.17. The molecule has 0 unspecified atom stereocenters. The van der Waals surface area contributed by atoms with Gasteiger partial charge in [0.05, 0.1) is 11.4 Å². The van der Waals surface area contributed by atoms with Crippen LogP contribution in [0, 0.1) is 0 Å². The topological polar surface area (TPSA) is 32.3 Å². The highest BCUT2D eigenvalue weighted by atomic mass is 32.1. The summed E-state index contributed by atoms with van der Waals surface area (Å²) in [6.07, 6.45) is 2.70. The van der Waals surface area contributed by atoms with Gasteiger partial charge in [0.25, 0.3) is 5.91 Å². The molecular weight excluding hydrogens is 288 g/mol. The van der Waals surface area contributed by atoms with Crippen molar-refractivity contribution in [3.63, 3.8) is 0 Å². The number of carbonyl (C=O) groups excluding carboxylic acids is 1. The lowest BCUT2D eigenvalue weighted by Crippen LogP contribution is -2.22. The van der Waals surface area contributed by atoms with Crippen molar-refractivity contribution >= 4 is 28.6 Å². The average molecular weight is 304 g/mol. The van der Waals surface area contributed by atoms with Gasteiger partial charge in [-0.15, -0.1) is 22.7 Å². The van der Waals surface area contributed by atoms with Gasteiger partial charge in [0.2, 0.25) is 0 Å². The Kier molecular flexibility index (Phi) is 3.13. The minimum Gasteiger partial charge on any atom is -0.346 e. The quantitative estimate of drug-likeness (QED) is 0.940. The summed E-state index contributed by atoms with van der Waals surface area (Å²) in [7, 11) is 0. The Morgan fingerprint density at radius 1 is 1.40 bits per heavy atom. The molecule has 104 valence electrons. The monoisotopic (exact) mass is 304 g/mol. The van der Waals surface area contributed by atoms with Crippen molar-refractivity contribution in [3.05, 3.63) is 43.8 Å². The molecule has 0 bridgehead atoms. The largest absolute Gasteiger partial charge is 0.346 e. The van der Waals surface area contributed by atoms with Crippen LogP contribution in [-0.4, -0.2) is 16.8 Å². The second kappa shape index (κ2) is 4.98. The summed E-state index contributed by atoms with van der Waals surface area (Å²) < 4.78 is 0. The zero-order valence-electron chi connectivity index (χ0n) is 11.1. The summed E-state index contributed by atoms with van der Waals surface area (Å²) in [5.41, 5.74) is 1.36. The van der Waals surface area contributed by atoms with E-state index in [4.69, 9.17) is 0 Å². The number of hydrogen-bond acceptors (Lipinski definition) is 4. The minimum atomic E-state index is 0.0655. The van der Waals surface area contributed by atoms with Gasteiger partial charge in [0, 0.05) is 28.9 Å². The third kappa shape index (κ3) is 2.41. The van der Waals surface area contributed by atoms with Crippen LogP contribution in [0.3, 0.4) is 0 Å². The number of carbonyl (C=O) groups is 1. The molecule has 1 N–H and O–H groups in total. The van der Waals surface area contributed by atoms with Crippen LogP contribution < -0.4 is 5.32 Å². The molecule has 0 atom stereocenters. The Balaban J connectivity index is 1.40. The highest BCUT2D eigenvalue weighted by molar-refractivity contribution is 7.14. The normalized spacial score (nSPS) is 18.2. The first kappa shape index (κ1) is 12.6. The lowest BCUT2D eigenvalue weighted by Gasteiger charge is -2.12. The molecule has 5 heteroatoms. The molecule has 3 heterocycles. The molecule has 0 saturated heterocycles. The second-order valence-corrected chi connectivity index (χ2v) is 7.63. The molecule has 1 aliphatic heterocycles. The van der Waals surface area contributed by atoms with E-state index in [1.54, 1.807) is 22.7 Å². The van der Waals surface area contributed by atoms with Crippen molar-refractivity contribution in [1.29, 1.82) is 0 Å². The van der Waals surface area contributed by atoms with Crippen molar-refractivity contribution in [1.82, 2.24) is 10.2 Å². The van der Waals surface area contributed by atoms with E-state index in [1.165, 1.54) is 28.2 Å². The fraction of sp³-hybridized carbons (Fsp3) is 0.400. The summed E-state index contributed by atoms with van der Waals surface area (Å²) in [6, 6.07) is 6.96. The Labute approximate surface area is 126 Å². The van der Waals surface area contributed by atoms with Gasteiger partial charge < -0.3 is 5.32 Å². The molecule has 1 aliphatic carbocycles. The van der Waals surface area contributed by atoms with E-state index in [0.717, 1.165) is 24.0 Å². The van der Waals surface area contributed by atoms with Crippen LogP contribution in [0.25, 0.3) is 0 Å². The average Bonchev–Trinajstić information content (AvgIpc) is 2.88. The molecule has 3 nitrogen and oxygen atoms in total. The number of thiophene rings is 2. The first-order valence-corrected chi connectivity index (χ1v) is 8.65. The smallest absolute Gasteiger partial charge is 0.261 e. The first-order chi connectivity index (χ1) is 9.79. The molecule has 1 saturated carbocycles. The van der Waals surface area contributed by atoms with Crippen LogP contribution in [0.5, 0.6) is 0 Å². The number of hydrogen-bond donors (Lipinski definition) is 1. The predicted octanol–water partition coefficient (Wildman–Crippen LogP) is 3.22. The maximum absolute atomic E-state index is 12.2. The molecule has 2 aromatic heterocycles. The van der Waals surface area contributed by atoms with Gasteiger partial charge in [-0.1, -0.05) is 6.07 Å². The summed E-state index contributed by atoms with van der Waals surface area (Å²) in [6.45, 7) is 2.71. The summed E-state index contributed by atoms with van der Waals surface area (Å²) in [5.74, 6) is 0.0655. The van der Waals surface area contributed by atoms with Gasteiger partial charge in [-0.05, 0) is 35.9 Å². The minimum absolute atomic E-state index is 0.0655. The van der Waals surface area contributed by atoms with Gasteiger partial charge in [-0.3, -0.25) is 9.69 Å². The van der Waals surface area contributed by atoms with E-state index in [-0.39, 0.29) is 5.91 Å². The molecular formula is C15H16N2OS2. The molecule has 2 aromatic rings. The molecule has 20 heavy (non-hydrogen) atoms. The van der Waals surface area contributed by atoms with Crippen LogP contribution in [-0.2, 0) is 19.6 Å². The lowest BCUT2D eigenvalue weighted by molar-refractivity contribution is 0.0955. The molecule has 1 fully saturated rings. The van der Waals surface area contributed by atoms with Crippen molar-refractivity contribution in [2.75, 3.05) is 0 Å². The molecule has 0 radical (unpaired) electrons. The van der Waals surface area contributed by atoms with Gasteiger partial charge >= 0.3 is 0 Å². The standard InChI is InChI=1S/C15H16N2OS2/c18-15(16-7-12-2-1-5-19-12)13-6-10-8-17(11-3-4-11)9-14(10)20-13/h1-2,5-6,11H,3-4,7-9H2,(H,16,18). The summed E-state index contributed by atoms with van der Waals surface area (Å²) in [4.78, 5) is 18.1. The van der Waals surface area contributed by atoms with Gasteiger partial charge in [-0.2, -0.15) is 0 Å². The van der Waals surface area contributed by atoms with Crippen molar-refractivity contribution in [2.24, 2.45) is 0 Å². The van der Waals surface area contributed by atoms with E-state index in [9.17, 15) is 4.79 Å². The number of nitrogens with one attached hydrogen (secondary N) is 1. The van der Waals surface area contributed by atoms with Crippen molar-refractivity contribution < 1.29 is 4.79 Å².